The van der Waals surface area contributed by atoms with Gasteiger partial charge in [0.25, 0.3) is 0 Å². The third kappa shape index (κ3) is 4.30. The third-order valence-electron chi connectivity index (χ3n) is 3.91. The van der Waals surface area contributed by atoms with E-state index in [0.29, 0.717) is 5.69 Å². The smallest absolute Gasteiger partial charge is 0.241 e. The molecule has 1 aliphatic heterocycles. The molecule has 0 bridgehead atoms. The van der Waals surface area contributed by atoms with E-state index in [1.54, 1.807) is 12.1 Å². The second kappa shape index (κ2) is 7.39. The molecule has 0 radical (unpaired) electrons. The molecule has 1 fully saturated rings. The predicted molar refractivity (Wildman–Crippen MR) is 79.1 cm³/mol. The molecule has 0 spiro atoms. The molecule has 1 aliphatic rings. The number of anilines is 1. The molecular weight excluding hydrogens is 255 g/mol. The van der Waals surface area contributed by atoms with Crippen LogP contribution in [-0.4, -0.2) is 29.9 Å². The van der Waals surface area contributed by atoms with Crippen molar-refractivity contribution in [2.45, 2.75) is 45.1 Å². The first-order chi connectivity index (χ1) is 9.66. The van der Waals surface area contributed by atoms with Crippen molar-refractivity contribution in [3.05, 3.63) is 30.1 Å². The van der Waals surface area contributed by atoms with Gasteiger partial charge in [0.2, 0.25) is 5.91 Å². The monoisotopic (exact) mass is 278 g/mol. The lowest BCUT2D eigenvalue weighted by Crippen LogP contribution is -2.43. The molecule has 3 nitrogen and oxygen atoms in total. The van der Waals surface area contributed by atoms with Crippen LogP contribution in [-0.2, 0) is 4.79 Å². The van der Waals surface area contributed by atoms with Crippen LogP contribution in [0.4, 0.5) is 10.1 Å². The van der Waals surface area contributed by atoms with E-state index in [9.17, 15) is 9.18 Å². The molecule has 1 aromatic carbocycles. The van der Waals surface area contributed by atoms with E-state index >= 15 is 0 Å². The largest absolute Gasteiger partial charge is 0.325 e. The highest BCUT2D eigenvalue weighted by atomic mass is 19.1. The summed E-state index contributed by atoms with van der Waals surface area (Å²) in [5, 5.41) is 2.80. The maximum Gasteiger partial charge on any atom is 0.241 e. The van der Waals surface area contributed by atoms with Crippen molar-refractivity contribution >= 4 is 11.6 Å². The molecule has 1 N–H and O–H groups in total. The number of hydrogen-bond donors (Lipinski definition) is 1. The van der Waals surface area contributed by atoms with Gasteiger partial charge in [-0.3, -0.25) is 9.69 Å². The first-order valence-corrected chi connectivity index (χ1v) is 7.47. The average Bonchev–Trinajstić information content (AvgIpc) is 2.37. The van der Waals surface area contributed by atoms with Crippen LogP contribution < -0.4 is 5.32 Å². The van der Waals surface area contributed by atoms with Crippen molar-refractivity contribution in [2.75, 3.05) is 18.4 Å². The lowest BCUT2D eigenvalue weighted by molar-refractivity contribution is -0.120. The number of rotatable bonds is 3. The minimum atomic E-state index is -0.332. The fraction of sp³-hybridized carbons (Fsp3) is 0.562. The fourth-order valence-electron chi connectivity index (χ4n) is 2.64. The van der Waals surface area contributed by atoms with Gasteiger partial charge in [-0.25, -0.2) is 4.39 Å². The van der Waals surface area contributed by atoms with Crippen LogP contribution in [0.3, 0.4) is 0 Å². The Labute approximate surface area is 120 Å². The molecule has 1 aromatic rings. The summed E-state index contributed by atoms with van der Waals surface area (Å²) in [6.45, 7) is 3.87. The highest BCUT2D eigenvalue weighted by Crippen LogP contribution is 2.15. The van der Waals surface area contributed by atoms with Crippen LogP contribution >= 0.6 is 0 Å². The molecule has 110 valence electrons. The SMILES string of the molecule is C[C@@H](C(=O)Nc1cccc(F)c1)N1CCCCCCC1. The molecule has 1 saturated heterocycles. The van der Waals surface area contributed by atoms with Crippen LogP contribution in [0.2, 0.25) is 0 Å². The van der Waals surface area contributed by atoms with Gasteiger partial charge in [-0.05, 0) is 51.1 Å². The van der Waals surface area contributed by atoms with Crippen LogP contribution in [0, 0.1) is 5.82 Å². The van der Waals surface area contributed by atoms with Gasteiger partial charge in [-0.1, -0.05) is 25.3 Å². The lowest BCUT2D eigenvalue weighted by atomic mass is 10.1. The Morgan fingerprint density at radius 3 is 2.50 bits per heavy atom. The fourth-order valence-corrected chi connectivity index (χ4v) is 2.64. The van der Waals surface area contributed by atoms with E-state index in [1.807, 2.05) is 6.92 Å². The van der Waals surface area contributed by atoms with Crippen LogP contribution in [0.25, 0.3) is 0 Å². The molecular formula is C16H23FN2O. The van der Waals surface area contributed by atoms with Gasteiger partial charge in [0.1, 0.15) is 5.82 Å². The first-order valence-electron chi connectivity index (χ1n) is 7.47. The number of carbonyl (C=O) groups excluding carboxylic acids is 1. The Balaban J connectivity index is 1.93. The summed E-state index contributed by atoms with van der Waals surface area (Å²) < 4.78 is 13.1. The standard InChI is InChI=1S/C16H23FN2O/c1-13(19-10-5-3-2-4-6-11-19)16(20)18-15-9-7-8-14(17)12-15/h7-9,12-13H,2-6,10-11H2,1H3,(H,18,20)/t13-/m0/s1. The second-order valence-corrected chi connectivity index (χ2v) is 5.48. The topological polar surface area (TPSA) is 32.3 Å². The maximum atomic E-state index is 13.1. The Hall–Kier alpha value is -1.42. The van der Waals surface area contributed by atoms with Crippen molar-refractivity contribution in [2.24, 2.45) is 0 Å². The normalized spacial score (nSPS) is 18.9. The van der Waals surface area contributed by atoms with E-state index in [1.165, 1.54) is 31.4 Å². The molecule has 0 aromatic heterocycles. The zero-order valence-corrected chi connectivity index (χ0v) is 12.1. The molecule has 1 amide bonds. The van der Waals surface area contributed by atoms with Crippen molar-refractivity contribution in [3.63, 3.8) is 0 Å². The summed E-state index contributed by atoms with van der Waals surface area (Å²) in [5.74, 6) is -0.391. The van der Waals surface area contributed by atoms with E-state index in [2.05, 4.69) is 10.2 Å². The molecule has 0 unspecified atom stereocenters. The van der Waals surface area contributed by atoms with Gasteiger partial charge in [0, 0.05) is 5.69 Å². The summed E-state index contributed by atoms with van der Waals surface area (Å²) in [7, 11) is 0. The van der Waals surface area contributed by atoms with Gasteiger partial charge >= 0.3 is 0 Å². The predicted octanol–water partition coefficient (Wildman–Crippen LogP) is 3.42. The maximum absolute atomic E-state index is 13.1. The number of carbonyl (C=O) groups is 1. The summed E-state index contributed by atoms with van der Waals surface area (Å²) in [6, 6.07) is 5.86. The minimum Gasteiger partial charge on any atom is -0.325 e. The van der Waals surface area contributed by atoms with Crippen LogP contribution in [0.5, 0.6) is 0 Å². The van der Waals surface area contributed by atoms with Crippen molar-refractivity contribution in [3.8, 4) is 0 Å². The lowest BCUT2D eigenvalue weighted by Gasteiger charge is -2.29. The van der Waals surface area contributed by atoms with Gasteiger partial charge in [0.15, 0.2) is 0 Å². The number of nitrogens with zero attached hydrogens (tertiary/aromatic N) is 1. The Morgan fingerprint density at radius 2 is 1.85 bits per heavy atom. The second-order valence-electron chi connectivity index (χ2n) is 5.48. The molecule has 0 aliphatic carbocycles. The van der Waals surface area contributed by atoms with Crippen molar-refractivity contribution in [1.29, 1.82) is 0 Å². The zero-order chi connectivity index (χ0) is 14.4. The summed E-state index contributed by atoms with van der Waals surface area (Å²) in [5.41, 5.74) is 0.522. The summed E-state index contributed by atoms with van der Waals surface area (Å²) >= 11 is 0. The van der Waals surface area contributed by atoms with E-state index < -0.39 is 0 Å². The molecule has 1 heterocycles. The van der Waals surface area contributed by atoms with Crippen molar-refractivity contribution < 1.29 is 9.18 Å². The average molecular weight is 278 g/mol. The minimum absolute atomic E-state index is 0.0591. The molecule has 20 heavy (non-hydrogen) atoms. The number of hydrogen-bond acceptors (Lipinski definition) is 2. The van der Waals surface area contributed by atoms with Crippen LogP contribution in [0.15, 0.2) is 24.3 Å². The van der Waals surface area contributed by atoms with Crippen molar-refractivity contribution in [1.82, 2.24) is 4.90 Å². The number of likely N-dealkylation sites (tertiary alicyclic amines) is 1. The molecule has 2 rings (SSSR count). The highest BCUT2D eigenvalue weighted by Gasteiger charge is 2.21. The third-order valence-corrected chi connectivity index (χ3v) is 3.91. The Bertz CT molecular complexity index is 442. The summed E-state index contributed by atoms with van der Waals surface area (Å²) in [6.07, 6.45) is 6.09. The zero-order valence-electron chi connectivity index (χ0n) is 12.1. The Morgan fingerprint density at radius 1 is 1.20 bits per heavy atom. The van der Waals surface area contributed by atoms with E-state index in [0.717, 1.165) is 25.9 Å². The number of amides is 1. The van der Waals surface area contributed by atoms with Gasteiger partial charge in [-0.15, -0.1) is 0 Å². The number of benzene rings is 1. The van der Waals surface area contributed by atoms with E-state index in [-0.39, 0.29) is 17.8 Å². The number of nitrogens with one attached hydrogen (secondary N) is 1. The molecule has 0 saturated carbocycles. The first kappa shape index (κ1) is 15.0. The van der Waals surface area contributed by atoms with E-state index in [4.69, 9.17) is 0 Å². The van der Waals surface area contributed by atoms with Gasteiger partial charge in [0.05, 0.1) is 6.04 Å². The quantitative estimate of drug-likeness (QED) is 0.919. The number of halogens is 1. The summed E-state index contributed by atoms with van der Waals surface area (Å²) in [4.78, 5) is 14.5. The molecule has 1 atom stereocenters. The Kier molecular flexibility index (Phi) is 5.53. The molecule has 4 heteroatoms. The van der Waals surface area contributed by atoms with Gasteiger partial charge in [-0.2, -0.15) is 0 Å². The van der Waals surface area contributed by atoms with Crippen LogP contribution in [0.1, 0.15) is 39.0 Å². The highest BCUT2D eigenvalue weighted by molar-refractivity contribution is 5.94. The van der Waals surface area contributed by atoms with Gasteiger partial charge < -0.3 is 5.32 Å².